The molecule has 3 atom stereocenters. The Morgan fingerprint density at radius 3 is 2.72 bits per heavy atom. The topological polar surface area (TPSA) is 56.1 Å². The van der Waals surface area contributed by atoms with Crippen molar-refractivity contribution < 1.29 is 4.74 Å². The number of hydrogen-bond acceptors (Lipinski definition) is 5. The van der Waals surface area contributed by atoms with Crippen LogP contribution in [-0.4, -0.2) is 38.3 Å². The van der Waals surface area contributed by atoms with Crippen LogP contribution in [0.5, 0.6) is 0 Å². The van der Waals surface area contributed by atoms with E-state index in [9.17, 15) is 0 Å². The van der Waals surface area contributed by atoms with Gasteiger partial charge < -0.3 is 4.74 Å². The molecule has 2 aliphatic rings. The van der Waals surface area contributed by atoms with Gasteiger partial charge in [-0.1, -0.05) is 12.1 Å². The molecule has 6 nitrogen and oxygen atoms in total. The van der Waals surface area contributed by atoms with Crippen LogP contribution in [-0.2, 0) is 11.2 Å². The standard InChI is InChI=1S/C26H33N5O/c1-19-8-7-15-27-26(19)24-12-6-11-23(30(24)2)22-10-5-9-20(29-22)18-21-14-16-28-31(21)25-13-3-4-17-32-25/h5,7-10,14-16,23-25H,3-4,6,11-13,17-18H2,1-2H3. The molecule has 0 aliphatic carbocycles. The maximum atomic E-state index is 5.96. The number of aryl methyl sites for hydroxylation is 1. The highest BCUT2D eigenvalue weighted by molar-refractivity contribution is 5.24. The number of ether oxygens (including phenoxy) is 1. The summed E-state index contributed by atoms with van der Waals surface area (Å²) in [7, 11) is 2.23. The number of nitrogens with zero attached hydrogens (tertiary/aromatic N) is 5. The maximum absolute atomic E-state index is 5.96. The Morgan fingerprint density at radius 1 is 0.969 bits per heavy atom. The summed E-state index contributed by atoms with van der Waals surface area (Å²) in [5.41, 5.74) is 5.88. The summed E-state index contributed by atoms with van der Waals surface area (Å²) in [6.45, 7) is 2.99. The van der Waals surface area contributed by atoms with Gasteiger partial charge in [-0.25, -0.2) is 4.68 Å². The molecule has 3 unspecified atom stereocenters. The highest BCUT2D eigenvalue weighted by atomic mass is 16.5. The lowest BCUT2D eigenvalue weighted by Crippen LogP contribution is -2.34. The zero-order valence-electron chi connectivity index (χ0n) is 19.2. The van der Waals surface area contributed by atoms with Crippen molar-refractivity contribution in [1.82, 2.24) is 24.6 Å². The van der Waals surface area contributed by atoms with Crippen LogP contribution in [0.15, 0.2) is 48.8 Å². The quantitative estimate of drug-likeness (QED) is 0.558. The van der Waals surface area contributed by atoms with Crippen LogP contribution < -0.4 is 0 Å². The van der Waals surface area contributed by atoms with Crippen LogP contribution in [0.4, 0.5) is 0 Å². The molecule has 32 heavy (non-hydrogen) atoms. The van der Waals surface area contributed by atoms with Gasteiger partial charge in [0, 0.05) is 36.8 Å². The first-order valence-corrected chi connectivity index (χ1v) is 11.9. The number of aromatic nitrogens is 4. The van der Waals surface area contributed by atoms with E-state index in [1.165, 1.54) is 29.8 Å². The molecule has 2 aliphatic heterocycles. The Morgan fingerprint density at radius 2 is 1.88 bits per heavy atom. The van der Waals surface area contributed by atoms with Crippen molar-refractivity contribution in [2.75, 3.05) is 13.7 Å². The van der Waals surface area contributed by atoms with Gasteiger partial charge in [-0.3, -0.25) is 14.9 Å². The van der Waals surface area contributed by atoms with E-state index in [1.807, 2.05) is 18.5 Å². The first-order valence-electron chi connectivity index (χ1n) is 11.9. The van der Waals surface area contributed by atoms with Crippen molar-refractivity contribution >= 4 is 0 Å². The second-order valence-electron chi connectivity index (χ2n) is 9.15. The van der Waals surface area contributed by atoms with E-state index in [-0.39, 0.29) is 6.23 Å². The molecule has 0 spiro atoms. The normalized spacial score (nSPS) is 24.5. The van der Waals surface area contributed by atoms with E-state index in [0.717, 1.165) is 50.1 Å². The zero-order chi connectivity index (χ0) is 21.9. The fourth-order valence-electron chi connectivity index (χ4n) is 5.29. The molecule has 0 radical (unpaired) electrons. The van der Waals surface area contributed by atoms with Crippen LogP contribution in [0.2, 0.25) is 0 Å². The van der Waals surface area contributed by atoms with Crippen molar-refractivity contribution in [3.8, 4) is 0 Å². The molecule has 2 fully saturated rings. The maximum Gasteiger partial charge on any atom is 0.150 e. The van der Waals surface area contributed by atoms with Crippen LogP contribution >= 0.6 is 0 Å². The molecule has 3 aromatic heterocycles. The van der Waals surface area contributed by atoms with Gasteiger partial charge >= 0.3 is 0 Å². The van der Waals surface area contributed by atoms with Crippen LogP contribution in [0.1, 0.15) is 85.2 Å². The second-order valence-corrected chi connectivity index (χ2v) is 9.15. The van der Waals surface area contributed by atoms with Gasteiger partial charge in [0.25, 0.3) is 0 Å². The summed E-state index contributed by atoms with van der Waals surface area (Å²) in [4.78, 5) is 12.3. The van der Waals surface area contributed by atoms with Gasteiger partial charge in [0.05, 0.1) is 23.5 Å². The highest BCUT2D eigenvalue weighted by Gasteiger charge is 2.32. The molecule has 5 heterocycles. The molecule has 0 aromatic carbocycles. The molecule has 6 heteroatoms. The van der Waals surface area contributed by atoms with Gasteiger partial charge in [0.2, 0.25) is 0 Å². The Bertz CT molecular complexity index is 1040. The average Bonchev–Trinajstić information content (AvgIpc) is 3.29. The monoisotopic (exact) mass is 431 g/mol. The van der Waals surface area contributed by atoms with Gasteiger partial charge in [-0.05, 0) is 82.3 Å². The zero-order valence-corrected chi connectivity index (χ0v) is 19.2. The summed E-state index contributed by atoms with van der Waals surface area (Å²) in [5, 5.41) is 4.56. The van der Waals surface area contributed by atoms with Gasteiger partial charge in [-0.15, -0.1) is 0 Å². The summed E-state index contributed by atoms with van der Waals surface area (Å²) in [5.74, 6) is 0. The first kappa shape index (κ1) is 21.3. The number of hydrogen-bond donors (Lipinski definition) is 0. The van der Waals surface area contributed by atoms with Crippen LogP contribution in [0.25, 0.3) is 0 Å². The minimum atomic E-state index is 0.0591. The molecule has 3 aromatic rings. The predicted molar refractivity (Wildman–Crippen MR) is 124 cm³/mol. The molecule has 0 bridgehead atoms. The molecule has 168 valence electrons. The molecular formula is C26H33N5O. The average molecular weight is 432 g/mol. The first-order chi connectivity index (χ1) is 15.7. The van der Waals surface area contributed by atoms with Crippen molar-refractivity contribution in [3.63, 3.8) is 0 Å². The minimum absolute atomic E-state index is 0.0591. The van der Waals surface area contributed by atoms with Gasteiger partial charge in [0.15, 0.2) is 0 Å². The van der Waals surface area contributed by atoms with Crippen molar-refractivity contribution in [2.24, 2.45) is 0 Å². The lowest BCUT2D eigenvalue weighted by Gasteiger charge is -2.39. The predicted octanol–water partition coefficient (Wildman–Crippen LogP) is 5.17. The fourth-order valence-corrected chi connectivity index (χ4v) is 5.29. The lowest BCUT2D eigenvalue weighted by molar-refractivity contribution is -0.0409. The number of piperidine rings is 1. The smallest absolute Gasteiger partial charge is 0.150 e. The Balaban J connectivity index is 1.35. The van der Waals surface area contributed by atoms with Crippen LogP contribution in [0, 0.1) is 6.92 Å². The largest absolute Gasteiger partial charge is 0.357 e. The molecule has 0 saturated carbocycles. The molecule has 0 amide bonds. The van der Waals surface area contributed by atoms with Crippen molar-refractivity contribution in [1.29, 1.82) is 0 Å². The molecule has 2 saturated heterocycles. The van der Waals surface area contributed by atoms with E-state index in [4.69, 9.17) is 14.7 Å². The Kier molecular flexibility index (Phi) is 6.32. The fraction of sp³-hybridized carbons (Fsp3) is 0.500. The summed E-state index contributed by atoms with van der Waals surface area (Å²) in [6, 6.07) is 13.4. The van der Waals surface area contributed by atoms with Gasteiger partial charge in [-0.2, -0.15) is 5.10 Å². The minimum Gasteiger partial charge on any atom is -0.357 e. The number of likely N-dealkylation sites (tertiary alicyclic amines) is 1. The second kappa shape index (κ2) is 9.51. The van der Waals surface area contributed by atoms with Gasteiger partial charge in [0.1, 0.15) is 6.23 Å². The summed E-state index contributed by atoms with van der Waals surface area (Å²) >= 11 is 0. The third-order valence-electron chi connectivity index (χ3n) is 7.02. The molecule has 5 rings (SSSR count). The lowest BCUT2D eigenvalue weighted by atomic mass is 9.90. The van der Waals surface area contributed by atoms with E-state index in [2.05, 4.69) is 59.0 Å². The van der Waals surface area contributed by atoms with E-state index < -0.39 is 0 Å². The van der Waals surface area contributed by atoms with E-state index in [0.29, 0.717) is 12.1 Å². The third-order valence-corrected chi connectivity index (χ3v) is 7.02. The Hall–Kier alpha value is -2.57. The molecule has 0 N–H and O–H groups in total. The van der Waals surface area contributed by atoms with Crippen LogP contribution in [0.3, 0.4) is 0 Å². The highest BCUT2D eigenvalue weighted by Crippen LogP contribution is 2.40. The van der Waals surface area contributed by atoms with E-state index in [1.54, 1.807) is 0 Å². The van der Waals surface area contributed by atoms with Crippen molar-refractivity contribution in [2.45, 2.75) is 70.2 Å². The molecular weight excluding hydrogens is 398 g/mol. The summed E-state index contributed by atoms with van der Waals surface area (Å²) in [6.07, 6.45) is 11.5. The van der Waals surface area contributed by atoms with Crippen molar-refractivity contribution in [3.05, 3.63) is 77.1 Å². The van der Waals surface area contributed by atoms with E-state index >= 15 is 0 Å². The Labute approximate surface area is 190 Å². The number of rotatable bonds is 5. The number of pyridine rings is 2. The summed E-state index contributed by atoms with van der Waals surface area (Å²) < 4.78 is 8.02. The third kappa shape index (κ3) is 4.34. The SMILES string of the molecule is Cc1cccnc1C1CCCC(c2cccc(Cc3ccnn3C3CCCCO3)n2)N1C.